The van der Waals surface area contributed by atoms with E-state index in [1.807, 2.05) is 0 Å². The summed E-state index contributed by atoms with van der Waals surface area (Å²) in [4.78, 5) is 21.8. The summed E-state index contributed by atoms with van der Waals surface area (Å²) >= 11 is 0. The fourth-order valence-corrected chi connectivity index (χ4v) is 4.16. The predicted molar refractivity (Wildman–Crippen MR) is 110 cm³/mol. The molecule has 0 saturated carbocycles. The molecule has 29 heavy (non-hydrogen) atoms. The molecule has 1 fully saturated rings. The molecule has 148 valence electrons. The topological polar surface area (TPSA) is 67.2 Å². The summed E-state index contributed by atoms with van der Waals surface area (Å²) in [6.07, 6.45) is 7.53. The van der Waals surface area contributed by atoms with Gasteiger partial charge in [-0.3, -0.25) is 4.79 Å². The Morgan fingerprint density at radius 3 is 2.69 bits per heavy atom. The summed E-state index contributed by atoms with van der Waals surface area (Å²) in [6.45, 7) is 4.12. The third kappa shape index (κ3) is 3.60. The second-order valence-corrected chi connectivity index (χ2v) is 7.67. The van der Waals surface area contributed by atoms with Crippen molar-refractivity contribution in [2.24, 2.45) is 0 Å². The van der Waals surface area contributed by atoms with Crippen LogP contribution in [-0.2, 0) is 13.1 Å². The maximum atomic E-state index is 12.7. The molecule has 0 radical (unpaired) electrons. The Kier molecular flexibility index (Phi) is 4.71. The van der Waals surface area contributed by atoms with Gasteiger partial charge in [-0.15, -0.1) is 5.10 Å². The summed E-state index contributed by atoms with van der Waals surface area (Å²) in [5.41, 5.74) is 3.74. The first-order valence-corrected chi connectivity index (χ1v) is 10.3. The molecule has 3 aromatic rings. The second-order valence-electron chi connectivity index (χ2n) is 7.67. The molecule has 4 heterocycles. The lowest BCUT2D eigenvalue weighted by Gasteiger charge is -2.29. The van der Waals surface area contributed by atoms with Gasteiger partial charge in [-0.05, 0) is 43.5 Å². The normalized spacial score (nSPS) is 16.6. The molecule has 2 aliphatic heterocycles. The van der Waals surface area contributed by atoms with Gasteiger partial charge >= 0.3 is 0 Å². The van der Waals surface area contributed by atoms with E-state index in [2.05, 4.69) is 50.1 Å². The fraction of sp³-hybridized carbons (Fsp3) is 0.364. The number of aromatic nitrogens is 4. The Morgan fingerprint density at radius 1 is 0.966 bits per heavy atom. The first-order chi connectivity index (χ1) is 14.3. The monoisotopic (exact) mass is 388 g/mol. The Morgan fingerprint density at radius 2 is 1.86 bits per heavy atom. The molecule has 7 nitrogen and oxygen atoms in total. The summed E-state index contributed by atoms with van der Waals surface area (Å²) < 4.78 is 2.16. The number of hydrogen-bond donors (Lipinski definition) is 0. The van der Waals surface area contributed by atoms with Gasteiger partial charge in [0.25, 0.3) is 5.91 Å². The zero-order chi connectivity index (χ0) is 19.6. The van der Waals surface area contributed by atoms with Gasteiger partial charge in [0.05, 0.1) is 12.2 Å². The van der Waals surface area contributed by atoms with E-state index in [4.69, 9.17) is 4.98 Å². The first kappa shape index (κ1) is 17.8. The number of amides is 1. The summed E-state index contributed by atoms with van der Waals surface area (Å²) in [6, 6.07) is 12.1. The highest BCUT2D eigenvalue weighted by atomic mass is 16.2. The molecule has 7 heteroatoms. The molecule has 0 N–H and O–H groups in total. The van der Waals surface area contributed by atoms with Crippen LogP contribution in [0, 0.1) is 0 Å². The van der Waals surface area contributed by atoms with Crippen molar-refractivity contribution in [3.05, 3.63) is 60.3 Å². The van der Waals surface area contributed by atoms with Crippen LogP contribution in [-0.4, -0.2) is 50.2 Å². The zero-order valence-corrected chi connectivity index (χ0v) is 16.4. The molecule has 1 aromatic carbocycles. The van der Waals surface area contributed by atoms with E-state index >= 15 is 0 Å². The standard InChI is InChI=1S/C22H24N6O/c29-22(19-8-5-9-23-25-19)28-13-12-27-15-20(24-21(27)16-28)17-6-4-7-18(14-17)26-10-2-1-3-11-26/h4-9,14-15H,1-3,10-13,16H2. The number of imidazole rings is 1. The number of nitrogens with zero attached hydrogens (tertiary/aromatic N) is 6. The summed E-state index contributed by atoms with van der Waals surface area (Å²) in [7, 11) is 0. The molecule has 0 bridgehead atoms. The Balaban J connectivity index is 1.36. The Bertz CT molecular complexity index is 1010. The Labute approximate surface area is 170 Å². The van der Waals surface area contributed by atoms with Crippen LogP contribution in [0.3, 0.4) is 0 Å². The molecule has 0 aliphatic carbocycles. The lowest BCUT2D eigenvalue weighted by Crippen LogP contribution is -2.38. The quantitative estimate of drug-likeness (QED) is 0.690. The smallest absolute Gasteiger partial charge is 0.274 e. The van der Waals surface area contributed by atoms with Crippen LogP contribution in [0.2, 0.25) is 0 Å². The van der Waals surface area contributed by atoms with Crippen LogP contribution < -0.4 is 4.90 Å². The number of rotatable bonds is 3. The van der Waals surface area contributed by atoms with Gasteiger partial charge in [0.15, 0.2) is 5.69 Å². The van der Waals surface area contributed by atoms with Crippen molar-refractivity contribution in [1.82, 2.24) is 24.6 Å². The van der Waals surface area contributed by atoms with Gasteiger partial charge in [-0.1, -0.05) is 12.1 Å². The highest BCUT2D eigenvalue weighted by molar-refractivity contribution is 5.92. The summed E-state index contributed by atoms with van der Waals surface area (Å²) in [5, 5.41) is 7.76. The van der Waals surface area contributed by atoms with E-state index in [-0.39, 0.29) is 5.91 Å². The minimum Gasteiger partial charge on any atom is -0.372 e. The van der Waals surface area contributed by atoms with E-state index < -0.39 is 0 Å². The average molecular weight is 388 g/mol. The minimum absolute atomic E-state index is 0.0963. The van der Waals surface area contributed by atoms with E-state index in [0.29, 0.717) is 18.8 Å². The van der Waals surface area contributed by atoms with Crippen LogP contribution in [0.1, 0.15) is 35.6 Å². The number of carbonyl (C=O) groups is 1. The van der Waals surface area contributed by atoms with Gasteiger partial charge in [-0.2, -0.15) is 5.10 Å². The maximum absolute atomic E-state index is 12.7. The molecule has 1 amide bonds. The van der Waals surface area contributed by atoms with Gasteiger partial charge < -0.3 is 14.4 Å². The van der Waals surface area contributed by atoms with Gasteiger partial charge in [0.1, 0.15) is 5.82 Å². The van der Waals surface area contributed by atoms with E-state index in [1.165, 1.54) is 24.9 Å². The third-order valence-corrected chi connectivity index (χ3v) is 5.74. The highest BCUT2D eigenvalue weighted by Gasteiger charge is 2.24. The maximum Gasteiger partial charge on any atom is 0.274 e. The van der Waals surface area contributed by atoms with Gasteiger partial charge in [0, 0.05) is 49.8 Å². The molecule has 1 saturated heterocycles. The van der Waals surface area contributed by atoms with Crippen molar-refractivity contribution in [2.75, 3.05) is 24.5 Å². The van der Waals surface area contributed by atoms with Crippen LogP contribution >= 0.6 is 0 Å². The van der Waals surface area contributed by atoms with Crippen LogP contribution in [0.4, 0.5) is 5.69 Å². The lowest BCUT2D eigenvalue weighted by atomic mass is 10.1. The van der Waals surface area contributed by atoms with Crippen molar-refractivity contribution in [3.8, 4) is 11.3 Å². The van der Waals surface area contributed by atoms with Crippen LogP contribution in [0.5, 0.6) is 0 Å². The molecule has 0 spiro atoms. The molecule has 2 aromatic heterocycles. The number of fused-ring (bicyclic) bond motifs is 1. The number of hydrogen-bond acceptors (Lipinski definition) is 5. The van der Waals surface area contributed by atoms with Crippen molar-refractivity contribution in [1.29, 1.82) is 0 Å². The SMILES string of the molecule is O=C(c1cccnn1)N1CCn2cc(-c3cccc(N4CCCCC4)c3)nc2C1. The van der Waals surface area contributed by atoms with Crippen LogP contribution in [0.15, 0.2) is 48.8 Å². The molecular weight excluding hydrogens is 364 g/mol. The van der Waals surface area contributed by atoms with E-state index in [0.717, 1.165) is 36.7 Å². The highest BCUT2D eigenvalue weighted by Crippen LogP contribution is 2.27. The fourth-order valence-electron chi connectivity index (χ4n) is 4.16. The van der Waals surface area contributed by atoms with Gasteiger partial charge in [0.2, 0.25) is 0 Å². The molecule has 0 atom stereocenters. The number of piperidine rings is 1. The second kappa shape index (κ2) is 7.66. The first-order valence-electron chi connectivity index (χ1n) is 10.3. The van der Waals surface area contributed by atoms with Crippen molar-refractivity contribution in [2.45, 2.75) is 32.4 Å². The molecule has 2 aliphatic rings. The van der Waals surface area contributed by atoms with E-state index in [1.54, 1.807) is 23.2 Å². The average Bonchev–Trinajstić information content (AvgIpc) is 3.23. The predicted octanol–water partition coefficient (Wildman–Crippen LogP) is 2.99. The number of anilines is 1. The van der Waals surface area contributed by atoms with Crippen molar-refractivity contribution < 1.29 is 4.79 Å². The van der Waals surface area contributed by atoms with Gasteiger partial charge in [-0.25, -0.2) is 4.98 Å². The number of carbonyl (C=O) groups excluding carboxylic acids is 1. The number of benzene rings is 1. The van der Waals surface area contributed by atoms with Crippen molar-refractivity contribution in [3.63, 3.8) is 0 Å². The van der Waals surface area contributed by atoms with Crippen molar-refractivity contribution >= 4 is 11.6 Å². The molecule has 5 rings (SSSR count). The van der Waals surface area contributed by atoms with E-state index in [9.17, 15) is 4.79 Å². The summed E-state index contributed by atoms with van der Waals surface area (Å²) in [5.74, 6) is 0.813. The largest absolute Gasteiger partial charge is 0.372 e. The van der Waals surface area contributed by atoms with Crippen LogP contribution in [0.25, 0.3) is 11.3 Å². The molecule has 0 unspecified atom stereocenters. The third-order valence-electron chi connectivity index (χ3n) is 5.74. The zero-order valence-electron chi connectivity index (χ0n) is 16.4. The Hall–Kier alpha value is -3.22. The minimum atomic E-state index is -0.0963. The molecular formula is C22H24N6O. The lowest BCUT2D eigenvalue weighted by molar-refractivity contribution is 0.0700.